The van der Waals surface area contributed by atoms with Crippen molar-refractivity contribution in [3.63, 3.8) is 0 Å². The molecule has 1 saturated heterocycles. The van der Waals surface area contributed by atoms with Crippen molar-refractivity contribution in [2.45, 2.75) is 59.8 Å². The van der Waals surface area contributed by atoms with Gasteiger partial charge < -0.3 is 9.64 Å². The van der Waals surface area contributed by atoms with Crippen molar-refractivity contribution in [2.75, 3.05) is 45.9 Å². The summed E-state index contributed by atoms with van der Waals surface area (Å²) in [5, 5.41) is 0. The Morgan fingerprint density at radius 3 is 2.40 bits per heavy atom. The van der Waals surface area contributed by atoms with Gasteiger partial charge in [-0.1, -0.05) is 27.7 Å². The number of hydrogen-bond acceptors (Lipinski definition) is 3. The summed E-state index contributed by atoms with van der Waals surface area (Å²) < 4.78 is 5.59. The van der Waals surface area contributed by atoms with E-state index in [0.717, 1.165) is 65.0 Å². The van der Waals surface area contributed by atoms with Crippen LogP contribution in [-0.2, 0) is 9.53 Å². The Morgan fingerprint density at radius 2 is 1.76 bits per heavy atom. The maximum atomic E-state index is 12.2. The van der Waals surface area contributed by atoms with Gasteiger partial charge in [0, 0.05) is 58.2 Å². The average molecular weight is 351 g/mol. The summed E-state index contributed by atoms with van der Waals surface area (Å²) >= 11 is 0. The van der Waals surface area contributed by atoms with E-state index >= 15 is 0 Å². The van der Waals surface area contributed by atoms with Gasteiger partial charge in [-0.25, -0.2) is 0 Å². The van der Waals surface area contributed by atoms with E-state index in [1.54, 1.807) is 0 Å². The summed E-state index contributed by atoms with van der Waals surface area (Å²) in [6.45, 7) is 15.0. The van der Waals surface area contributed by atoms with Gasteiger partial charge in [0.2, 0.25) is 5.91 Å². The van der Waals surface area contributed by atoms with Crippen LogP contribution in [0, 0.1) is 23.7 Å². The molecule has 0 aliphatic carbocycles. The van der Waals surface area contributed by atoms with E-state index in [0.29, 0.717) is 24.9 Å². The number of piperazine rings is 1. The molecule has 1 aliphatic rings. The number of rotatable bonds is 10. The molecule has 1 amide bonds. The molecule has 0 aromatic carbocycles. The van der Waals surface area contributed by atoms with Gasteiger partial charge in [-0.15, -0.1) is 11.8 Å². The van der Waals surface area contributed by atoms with Crippen LogP contribution in [0.2, 0.25) is 0 Å². The molecule has 0 saturated carbocycles. The highest BCUT2D eigenvalue weighted by Crippen LogP contribution is 2.07. The van der Waals surface area contributed by atoms with Crippen LogP contribution in [0.4, 0.5) is 0 Å². The molecule has 0 bridgehead atoms. The van der Waals surface area contributed by atoms with Gasteiger partial charge in [-0.05, 0) is 31.7 Å². The first-order valence-corrected chi connectivity index (χ1v) is 10.0. The Balaban J connectivity index is 2.05. The molecule has 1 rings (SSSR count). The number of ether oxygens (including phenoxy) is 1. The predicted molar refractivity (Wildman–Crippen MR) is 104 cm³/mol. The molecule has 144 valence electrons. The minimum atomic E-state index is 0.287. The maximum absolute atomic E-state index is 12.2. The van der Waals surface area contributed by atoms with Crippen molar-refractivity contribution in [1.82, 2.24) is 9.80 Å². The molecule has 0 atom stereocenters. The van der Waals surface area contributed by atoms with Gasteiger partial charge in [0.05, 0.1) is 0 Å². The van der Waals surface area contributed by atoms with Crippen LogP contribution >= 0.6 is 0 Å². The monoisotopic (exact) mass is 350 g/mol. The predicted octanol–water partition coefficient (Wildman–Crippen LogP) is 3.41. The summed E-state index contributed by atoms with van der Waals surface area (Å²) in [7, 11) is 0. The summed E-state index contributed by atoms with van der Waals surface area (Å²) in [5.74, 6) is 7.89. The van der Waals surface area contributed by atoms with Gasteiger partial charge in [0.25, 0.3) is 0 Å². The van der Waals surface area contributed by atoms with Gasteiger partial charge in [0.1, 0.15) is 0 Å². The van der Waals surface area contributed by atoms with E-state index in [-0.39, 0.29) is 5.91 Å². The van der Waals surface area contributed by atoms with Crippen molar-refractivity contribution < 1.29 is 9.53 Å². The lowest BCUT2D eigenvalue weighted by Crippen LogP contribution is -2.48. The molecule has 0 radical (unpaired) electrons. The average Bonchev–Trinajstić information content (AvgIpc) is 2.57. The molecule has 4 nitrogen and oxygen atoms in total. The standard InChI is InChI=1S/C21H38N2O2/c1-19(2)9-6-5-7-12-22-13-15-23(16-14-22)21(24)10-8-17-25-18-11-20(3)4/h19-20H,5,7-8,10-18H2,1-4H3. The van der Waals surface area contributed by atoms with Crippen LogP contribution in [0.5, 0.6) is 0 Å². The van der Waals surface area contributed by atoms with E-state index in [9.17, 15) is 4.79 Å². The van der Waals surface area contributed by atoms with Crippen molar-refractivity contribution >= 4 is 5.91 Å². The quantitative estimate of drug-likeness (QED) is 0.447. The third kappa shape index (κ3) is 11.2. The van der Waals surface area contributed by atoms with Crippen LogP contribution in [0.15, 0.2) is 0 Å². The normalized spacial score (nSPS) is 15.5. The highest BCUT2D eigenvalue weighted by molar-refractivity contribution is 5.76. The summed E-state index contributed by atoms with van der Waals surface area (Å²) in [5.41, 5.74) is 0. The van der Waals surface area contributed by atoms with Gasteiger partial charge in [-0.2, -0.15) is 0 Å². The van der Waals surface area contributed by atoms with Crippen molar-refractivity contribution in [3.05, 3.63) is 0 Å². The molecule has 1 fully saturated rings. The maximum Gasteiger partial charge on any atom is 0.222 e. The molecule has 1 aliphatic heterocycles. The molecular weight excluding hydrogens is 312 g/mol. The molecular formula is C21H38N2O2. The lowest BCUT2D eigenvalue weighted by atomic mass is 10.1. The number of amides is 1. The van der Waals surface area contributed by atoms with Crippen molar-refractivity contribution in [2.24, 2.45) is 11.8 Å². The van der Waals surface area contributed by atoms with E-state index in [1.165, 1.54) is 0 Å². The number of carbonyl (C=O) groups is 1. The molecule has 1 heterocycles. The zero-order valence-corrected chi connectivity index (χ0v) is 16.9. The number of carbonyl (C=O) groups excluding carboxylic acids is 1. The van der Waals surface area contributed by atoms with E-state index in [4.69, 9.17) is 4.74 Å². The van der Waals surface area contributed by atoms with Gasteiger partial charge >= 0.3 is 0 Å². The fourth-order valence-corrected chi connectivity index (χ4v) is 2.79. The first kappa shape index (κ1) is 22.0. The second kappa shape index (κ2) is 13.2. The third-order valence-corrected chi connectivity index (χ3v) is 4.41. The number of hydrogen-bond donors (Lipinski definition) is 0. The second-order valence-corrected chi connectivity index (χ2v) is 7.70. The molecule has 0 aromatic heterocycles. The van der Waals surface area contributed by atoms with E-state index in [2.05, 4.69) is 44.4 Å². The van der Waals surface area contributed by atoms with E-state index in [1.807, 2.05) is 4.90 Å². The van der Waals surface area contributed by atoms with Gasteiger partial charge in [0.15, 0.2) is 0 Å². The van der Waals surface area contributed by atoms with Crippen LogP contribution in [0.3, 0.4) is 0 Å². The molecule has 0 N–H and O–H groups in total. The zero-order chi connectivity index (χ0) is 18.5. The molecule has 4 heteroatoms. The summed E-state index contributed by atoms with van der Waals surface area (Å²) in [6.07, 6.45) is 4.66. The zero-order valence-electron chi connectivity index (χ0n) is 16.9. The largest absolute Gasteiger partial charge is 0.381 e. The first-order valence-electron chi connectivity index (χ1n) is 10.0. The Labute approximate surface area is 155 Å². The lowest BCUT2D eigenvalue weighted by Gasteiger charge is -2.34. The smallest absolute Gasteiger partial charge is 0.222 e. The van der Waals surface area contributed by atoms with Crippen molar-refractivity contribution in [1.29, 1.82) is 0 Å². The van der Waals surface area contributed by atoms with Crippen LogP contribution in [0.25, 0.3) is 0 Å². The Morgan fingerprint density at radius 1 is 1.04 bits per heavy atom. The fourth-order valence-electron chi connectivity index (χ4n) is 2.79. The van der Waals surface area contributed by atoms with E-state index < -0.39 is 0 Å². The SMILES string of the molecule is CC(C)C#CCCCN1CCN(C(=O)CCCOCCC(C)C)CC1. The fraction of sp³-hybridized carbons (Fsp3) is 0.857. The Kier molecular flexibility index (Phi) is 11.6. The highest BCUT2D eigenvalue weighted by Gasteiger charge is 2.20. The van der Waals surface area contributed by atoms with Gasteiger partial charge in [-0.3, -0.25) is 9.69 Å². The Hall–Kier alpha value is -1.05. The molecule has 0 spiro atoms. The third-order valence-electron chi connectivity index (χ3n) is 4.41. The van der Waals surface area contributed by atoms with Crippen molar-refractivity contribution in [3.8, 4) is 11.8 Å². The van der Waals surface area contributed by atoms with Crippen LogP contribution < -0.4 is 0 Å². The number of nitrogens with zero attached hydrogens (tertiary/aromatic N) is 2. The minimum Gasteiger partial charge on any atom is -0.381 e. The highest BCUT2D eigenvalue weighted by atomic mass is 16.5. The minimum absolute atomic E-state index is 0.287. The number of unbranched alkanes of at least 4 members (excludes halogenated alkanes) is 1. The first-order chi connectivity index (χ1) is 12.0. The van der Waals surface area contributed by atoms with Crippen LogP contribution in [0.1, 0.15) is 59.8 Å². The second-order valence-electron chi connectivity index (χ2n) is 7.70. The topological polar surface area (TPSA) is 32.8 Å². The Bertz CT molecular complexity index is 415. The molecule has 25 heavy (non-hydrogen) atoms. The summed E-state index contributed by atoms with van der Waals surface area (Å²) in [6, 6.07) is 0. The lowest BCUT2D eigenvalue weighted by molar-refractivity contribution is -0.133. The van der Waals surface area contributed by atoms with Crippen LogP contribution in [-0.4, -0.2) is 61.6 Å². The molecule has 0 unspecified atom stereocenters. The summed E-state index contributed by atoms with van der Waals surface area (Å²) in [4.78, 5) is 16.7. The molecule has 0 aromatic rings.